The van der Waals surface area contributed by atoms with Crippen LogP contribution in [0.1, 0.15) is 10.4 Å². The van der Waals surface area contributed by atoms with E-state index in [1.54, 1.807) is 30.5 Å². The van der Waals surface area contributed by atoms with E-state index in [0.717, 1.165) is 10.9 Å². The summed E-state index contributed by atoms with van der Waals surface area (Å²) in [5.41, 5.74) is 1.84. The van der Waals surface area contributed by atoms with Crippen LogP contribution in [0.4, 0.5) is 5.69 Å². The highest BCUT2D eigenvalue weighted by molar-refractivity contribution is 6.37. The molecule has 1 N–H and O–H groups in total. The lowest BCUT2D eigenvalue weighted by atomic mass is 10.1. The van der Waals surface area contributed by atoms with Crippen LogP contribution in [0, 0.1) is 0 Å². The largest absolute Gasteiger partial charge is 0.321 e. The lowest BCUT2D eigenvalue weighted by molar-refractivity contribution is 0.102. The summed E-state index contributed by atoms with van der Waals surface area (Å²) in [6, 6.07) is 14.1. The maximum absolute atomic E-state index is 12.4. The summed E-state index contributed by atoms with van der Waals surface area (Å²) < 4.78 is 0. The highest BCUT2D eigenvalue weighted by atomic mass is 35.5. The molecule has 1 amide bonds. The number of hydrogen-bond acceptors (Lipinski definition) is 2. The van der Waals surface area contributed by atoms with Crippen molar-refractivity contribution in [3.05, 3.63) is 70.3 Å². The molecule has 0 spiro atoms. The van der Waals surface area contributed by atoms with Gasteiger partial charge in [-0.1, -0.05) is 41.4 Å². The van der Waals surface area contributed by atoms with E-state index in [0.29, 0.717) is 21.3 Å². The summed E-state index contributed by atoms with van der Waals surface area (Å²) in [6.45, 7) is 0. The molecular formula is C16H10Cl2N2O. The average Bonchev–Trinajstić information content (AvgIpc) is 2.49. The normalized spacial score (nSPS) is 10.6. The molecule has 0 unspecified atom stereocenters. The van der Waals surface area contributed by atoms with Crippen molar-refractivity contribution < 1.29 is 4.79 Å². The second-order valence-electron chi connectivity index (χ2n) is 4.45. The molecule has 0 saturated heterocycles. The molecule has 0 aliphatic rings. The number of carbonyl (C=O) groups is 1. The summed E-state index contributed by atoms with van der Waals surface area (Å²) in [7, 11) is 0. The van der Waals surface area contributed by atoms with Gasteiger partial charge in [-0.3, -0.25) is 9.78 Å². The predicted octanol–water partition coefficient (Wildman–Crippen LogP) is 4.79. The molecule has 1 aromatic heterocycles. The van der Waals surface area contributed by atoms with Gasteiger partial charge in [-0.05, 0) is 30.3 Å². The van der Waals surface area contributed by atoms with E-state index in [2.05, 4.69) is 10.3 Å². The zero-order valence-corrected chi connectivity index (χ0v) is 12.3. The van der Waals surface area contributed by atoms with E-state index >= 15 is 0 Å². The minimum absolute atomic E-state index is 0.238. The van der Waals surface area contributed by atoms with Gasteiger partial charge in [-0.2, -0.15) is 0 Å². The third-order valence-electron chi connectivity index (χ3n) is 3.07. The lowest BCUT2D eigenvalue weighted by Gasteiger charge is -2.09. The van der Waals surface area contributed by atoms with Crippen molar-refractivity contribution in [2.75, 3.05) is 5.32 Å². The molecule has 3 nitrogen and oxygen atoms in total. The van der Waals surface area contributed by atoms with Gasteiger partial charge in [0.15, 0.2) is 0 Å². The van der Waals surface area contributed by atoms with Crippen LogP contribution in [0.2, 0.25) is 10.0 Å². The summed E-state index contributed by atoms with van der Waals surface area (Å²) >= 11 is 11.9. The molecule has 0 fully saturated rings. The van der Waals surface area contributed by atoms with Gasteiger partial charge >= 0.3 is 0 Å². The Bertz CT molecular complexity index is 828. The summed E-state index contributed by atoms with van der Waals surface area (Å²) in [4.78, 5) is 16.7. The smallest absolute Gasteiger partial charge is 0.256 e. The van der Waals surface area contributed by atoms with Gasteiger partial charge in [0.25, 0.3) is 5.91 Å². The van der Waals surface area contributed by atoms with Gasteiger partial charge in [0, 0.05) is 16.6 Å². The molecule has 21 heavy (non-hydrogen) atoms. The van der Waals surface area contributed by atoms with Crippen molar-refractivity contribution in [3.8, 4) is 0 Å². The predicted molar refractivity (Wildman–Crippen MR) is 86.2 cm³/mol. The highest BCUT2D eigenvalue weighted by Gasteiger charge is 2.12. The van der Waals surface area contributed by atoms with Crippen molar-refractivity contribution in [2.45, 2.75) is 0 Å². The van der Waals surface area contributed by atoms with Gasteiger partial charge in [-0.15, -0.1) is 0 Å². The van der Waals surface area contributed by atoms with Crippen LogP contribution in [0.3, 0.4) is 0 Å². The number of aromatic nitrogens is 1. The molecule has 3 aromatic rings. The number of benzene rings is 2. The Morgan fingerprint density at radius 2 is 1.86 bits per heavy atom. The molecule has 0 radical (unpaired) electrons. The first-order chi connectivity index (χ1) is 10.1. The maximum atomic E-state index is 12.4. The number of para-hydroxylation sites is 1. The van der Waals surface area contributed by atoms with E-state index in [1.165, 1.54) is 0 Å². The lowest BCUT2D eigenvalue weighted by Crippen LogP contribution is -2.12. The minimum Gasteiger partial charge on any atom is -0.321 e. The Morgan fingerprint density at radius 1 is 1.05 bits per heavy atom. The van der Waals surface area contributed by atoms with Crippen LogP contribution in [-0.4, -0.2) is 10.9 Å². The zero-order chi connectivity index (χ0) is 14.8. The fourth-order valence-corrected chi connectivity index (χ4v) is 2.53. The van der Waals surface area contributed by atoms with Crippen molar-refractivity contribution >= 4 is 45.7 Å². The van der Waals surface area contributed by atoms with E-state index in [1.807, 2.05) is 24.3 Å². The first-order valence-corrected chi connectivity index (χ1v) is 7.01. The molecule has 0 bridgehead atoms. The van der Waals surface area contributed by atoms with Crippen molar-refractivity contribution in [1.82, 2.24) is 4.98 Å². The number of fused-ring (bicyclic) bond motifs is 1. The van der Waals surface area contributed by atoms with Gasteiger partial charge in [0.2, 0.25) is 0 Å². The fraction of sp³-hybridized carbons (Fsp3) is 0. The second-order valence-corrected chi connectivity index (χ2v) is 5.30. The maximum Gasteiger partial charge on any atom is 0.256 e. The number of nitrogens with one attached hydrogen (secondary N) is 1. The Labute approximate surface area is 131 Å². The Morgan fingerprint density at radius 3 is 2.67 bits per heavy atom. The Kier molecular flexibility index (Phi) is 3.78. The molecule has 0 atom stereocenters. The van der Waals surface area contributed by atoms with E-state index in [9.17, 15) is 4.79 Å². The first kappa shape index (κ1) is 13.9. The second kappa shape index (κ2) is 5.72. The number of nitrogens with zero attached hydrogens (tertiary/aromatic N) is 1. The molecule has 5 heteroatoms. The van der Waals surface area contributed by atoms with Crippen LogP contribution < -0.4 is 5.32 Å². The Hall–Kier alpha value is -2.10. The number of rotatable bonds is 2. The molecule has 104 valence electrons. The number of anilines is 1. The number of amides is 1. The van der Waals surface area contributed by atoms with Gasteiger partial charge < -0.3 is 5.32 Å². The molecule has 2 aromatic carbocycles. The summed E-state index contributed by atoms with van der Waals surface area (Å²) in [5, 5.41) is 4.50. The fourth-order valence-electron chi connectivity index (χ4n) is 2.07. The average molecular weight is 317 g/mol. The van der Waals surface area contributed by atoms with Crippen LogP contribution in [0.5, 0.6) is 0 Å². The number of pyridine rings is 1. The minimum atomic E-state index is -0.238. The number of carbonyl (C=O) groups excluding carboxylic acids is 1. The van der Waals surface area contributed by atoms with Crippen molar-refractivity contribution in [3.63, 3.8) is 0 Å². The number of hydrogen-bond donors (Lipinski definition) is 1. The van der Waals surface area contributed by atoms with Crippen LogP contribution in [0.15, 0.2) is 54.7 Å². The van der Waals surface area contributed by atoms with E-state index < -0.39 is 0 Å². The SMILES string of the molecule is O=C(Nc1ccc(Cl)cc1Cl)c1ccnc2ccccc12. The highest BCUT2D eigenvalue weighted by Crippen LogP contribution is 2.26. The number of halogens is 2. The third kappa shape index (κ3) is 2.84. The zero-order valence-electron chi connectivity index (χ0n) is 10.8. The van der Waals surface area contributed by atoms with Crippen LogP contribution in [0.25, 0.3) is 10.9 Å². The molecule has 0 saturated carbocycles. The quantitative estimate of drug-likeness (QED) is 0.738. The molecular weight excluding hydrogens is 307 g/mol. The van der Waals surface area contributed by atoms with Crippen LogP contribution >= 0.6 is 23.2 Å². The molecule has 3 rings (SSSR count). The monoisotopic (exact) mass is 316 g/mol. The van der Waals surface area contributed by atoms with E-state index in [4.69, 9.17) is 23.2 Å². The van der Waals surface area contributed by atoms with E-state index in [-0.39, 0.29) is 5.91 Å². The standard InChI is InChI=1S/C16H10Cl2N2O/c17-10-5-6-15(13(18)9-10)20-16(21)12-7-8-19-14-4-2-1-3-11(12)14/h1-9H,(H,20,21). The Balaban J connectivity index is 1.97. The summed E-state index contributed by atoms with van der Waals surface area (Å²) in [6.07, 6.45) is 1.61. The molecule has 0 aliphatic heterocycles. The topological polar surface area (TPSA) is 42.0 Å². The summed E-state index contributed by atoms with van der Waals surface area (Å²) in [5.74, 6) is -0.238. The van der Waals surface area contributed by atoms with Crippen molar-refractivity contribution in [1.29, 1.82) is 0 Å². The van der Waals surface area contributed by atoms with Crippen molar-refractivity contribution in [2.24, 2.45) is 0 Å². The van der Waals surface area contributed by atoms with Gasteiger partial charge in [0.05, 0.1) is 21.8 Å². The van der Waals surface area contributed by atoms with Gasteiger partial charge in [0.1, 0.15) is 0 Å². The van der Waals surface area contributed by atoms with Crippen LogP contribution in [-0.2, 0) is 0 Å². The van der Waals surface area contributed by atoms with Gasteiger partial charge in [-0.25, -0.2) is 0 Å². The third-order valence-corrected chi connectivity index (χ3v) is 3.62. The first-order valence-electron chi connectivity index (χ1n) is 6.25. The molecule has 0 aliphatic carbocycles. The molecule has 1 heterocycles.